The van der Waals surface area contributed by atoms with Crippen LogP contribution >= 0.6 is 0 Å². The second kappa shape index (κ2) is 26.3. The molecule has 2 unspecified atom stereocenters. The molecule has 0 bridgehead atoms. The largest absolute Gasteiger partial charge is 0.493 e. The molecule has 74 heavy (non-hydrogen) atoms. The Balaban J connectivity index is 1.05. The van der Waals surface area contributed by atoms with Gasteiger partial charge in [0.25, 0.3) is 12.9 Å². The van der Waals surface area contributed by atoms with Gasteiger partial charge in [-0.3, -0.25) is 9.59 Å². The summed E-state index contributed by atoms with van der Waals surface area (Å²) in [6, 6.07) is 19.2. The third-order valence-electron chi connectivity index (χ3n) is 14.7. The number of benzene rings is 4. The fraction of sp³-hybridized carbons (Fsp3) is 0.500. The molecule has 0 N–H and O–H groups in total. The van der Waals surface area contributed by atoms with Crippen molar-refractivity contribution in [3.8, 4) is 46.0 Å². The molecule has 2 aliphatic heterocycles. The molecule has 0 saturated carbocycles. The predicted octanol–water partition coefficient (Wildman–Crippen LogP) is 6.76. The third-order valence-corrected chi connectivity index (χ3v) is 14.7. The molecular formula is C56H74N2O16+2. The monoisotopic (exact) mass is 1030 g/mol. The van der Waals surface area contributed by atoms with Crippen molar-refractivity contribution < 1.29 is 85.0 Å². The fourth-order valence-corrected chi connectivity index (χ4v) is 10.5. The first-order valence-electron chi connectivity index (χ1n) is 24.9. The van der Waals surface area contributed by atoms with Gasteiger partial charge >= 0.3 is 11.9 Å². The molecule has 4 aromatic rings. The molecule has 0 radical (unpaired) electrons. The summed E-state index contributed by atoms with van der Waals surface area (Å²) in [5, 5.41) is 0. The topological polar surface area (TPSA) is 179 Å². The molecule has 6 rings (SSSR count). The lowest BCUT2D eigenvalue weighted by Gasteiger charge is -2.46. The quantitative estimate of drug-likeness (QED) is 0.0183. The number of hydrogen-bond donors (Lipinski definition) is 0. The normalized spacial score (nSPS) is 19.5. The summed E-state index contributed by atoms with van der Waals surface area (Å²) in [5.74, 6) is 3.58. The van der Waals surface area contributed by atoms with Crippen LogP contribution in [0.3, 0.4) is 0 Å². The van der Waals surface area contributed by atoms with Gasteiger partial charge in [-0.05, 0) is 96.5 Å². The smallest absolute Gasteiger partial charge is 0.353 e. The number of fused-ring (bicyclic) bond motifs is 2. The highest BCUT2D eigenvalue weighted by Crippen LogP contribution is 2.45. The van der Waals surface area contributed by atoms with Crippen molar-refractivity contribution in [2.24, 2.45) is 0 Å². The lowest BCUT2D eigenvalue weighted by atomic mass is 9.86. The van der Waals surface area contributed by atoms with Gasteiger partial charge in [0, 0.05) is 36.8 Å². The van der Waals surface area contributed by atoms with Crippen molar-refractivity contribution in [3.63, 3.8) is 0 Å². The van der Waals surface area contributed by atoms with Gasteiger partial charge in [0.15, 0.2) is 46.0 Å². The first-order valence-corrected chi connectivity index (χ1v) is 24.9. The molecular weight excluding hydrogens is 957 g/mol. The molecule has 0 amide bonds. The number of esters is 2. The van der Waals surface area contributed by atoms with Gasteiger partial charge in [-0.15, -0.1) is 0 Å². The van der Waals surface area contributed by atoms with E-state index in [2.05, 4.69) is 14.1 Å². The third kappa shape index (κ3) is 13.2. The Bertz CT molecular complexity index is 2380. The molecule has 18 heteroatoms. The zero-order valence-corrected chi connectivity index (χ0v) is 44.6. The van der Waals surface area contributed by atoms with E-state index in [1.165, 1.54) is 0 Å². The number of quaternary nitrogens is 2. The zero-order valence-electron chi connectivity index (χ0n) is 44.6. The van der Waals surface area contributed by atoms with Crippen LogP contribution in [-0.4, -0.2) is 156 Å². The van der Waals surface area contributed by atoms with Crippen molar-refractivity contribution in [1.29, 1.82) is 0 Å². The van der Waals surface area contributed by atoms with Gasteiger partial charge in [-0.1, -0.05) is 12.1 Å². The Morgan fingerprint density at radius 2 is 0.824 bits per heavy atom. The Labute approximate surface area is 434 Å². The highest BCUT2D eigenvalue weighted by Gasteiger charge is 2.46. The molecule has 0 spiro atoms. The average Bonchev–Trinajstić information content (AvgIpc) is 3.41. The van der Waals surface area contributed by atoms with Gasteiger partial charge in [-0.25, -0.2) is 9.59 Å². The number of unbranched alkanes of at least 4 members (excludes halogenated alkanes) is 3. The number of rotatable bonds is 29. The van der Waals surface area contributed by atoms with E-state index in [0.29, 0.717) is 132 Å². The molecule has 6 atom stereocenters. The molecule has 4 aromatic carbocycles. The second-order valence-electron chi connectivity index (χ2n) is 19.1. The molecule has 0 saturated heterocycles. The molecule has 2 heterocycles. The lowest BCUT2D eigenvalue weighted by Crippen LogP contribution is -2.57. The first-order chi connectivity index (χ1) is 35.7. The molecule has 402 valence electrons. The summed E-state index contributed by atoms with van der Waals surface area (Å²) >= 11 is 0. The van der Waals surface area contributed by atoms with Crippen LogP contribution in [-0.2, 0) is 63.8 Å². The predicted molar refractivity (Wildman–Crippen MR) is 273 cm³/mol. The van der Waals surface area contributed by atoms with Crippen LogP contribution in [0.15, 0.2) is 60.7 Å². The van der Waals surface area contributed by atoms with Crippen LogP contribution < -0.4 is 37.9 Å². The highest BCUT2D eigenvalue weighted by atomic mass is 16.6. The van der Waals surface area contributed by atoms with Crippen molar-refractivity contribution in [2.75, 3.05) is 110 Å². The summed E-state index contributed by atoms with van der Waals surface area (Å²) < 4.78 is 68.0. The minimum atomic E-state index is -1.16. The van der Waals surface area contributed by atoms with E-state index in [1.807, 2.05) is 60.7 Å². The van der Waals surface area contributed by atoms with Crippen molar-refractivity contribution in [2.45, 2.75) is 75.7 Å². The maximum absolute atomic E-state index is 13.7. The first kappa shape index (κ1) is 56.4. The number of ether oxygens (including phenoxy) is 12. The van der Waals surface area contributed by atoms with E-state index >= 15 is 0 Å². The number of carbonyl (C=O) groups excluding carboxylic acids is 4. The summed E-state index contributed by atoms with van der Waals surface area (Å²) in [4.78, 5) is 51.1. The zero-order chi connectivity index (χ0) is 53.4. The maximum Gasteiger partial charge on any atom is 0.353 e. The minimum absolute atomic E-state index is 0.105. The van der Waals surface area contributed by atoms with E-state index in [4.69, 9.17) is 56.8 Å². The average molecular weight is 1030 g/mol. The molecule has 0 fully saturated rings. The SMILES string of the molecule is COc1ccc(C[C@@H]2c3cc(OC)c(OC)cc3CC[N+]2(C)C[C@@H](OC=O)C(=O)OCCCCCCOC(=O)[C@@H](C[N+]2(C)CCc3cc(OC)c(OC)cc3[C@H]2Cc2ccc(OC)c(OC)c2)OC=O)cc1OC. The van der Waals surface area contributed by atoms with E-state index in [1.54, 1.807) is 56.9 Å². The van der Waals surface area contributed by atoms with Gasteiger partial charge in [0.05, 0.1) is 97.3 Å². The fourth-order valence-electron chi connectivity index (χ4n) is 10.5. The van der Waals surface area contributed by atoms with Gasteiger partial charge in [-0.2, -0.15) is 0 Å². The van der Waals surface area contributed by atoms with Crippen molar-refractivity contribution >= 4 is 24.9 Å². The summed E-state index contributed by atoms with van der Waals surface area (Å²) in [7, 11) is 16.9. The summed E-state index contributed by atoms with van der Waals surface area (Å²) in [5.41, 5.74) is 6.23. The van der Waals surface area contributed by atoms with Crippen LogP contribution in [0, 0.1) is 0 Å². The van der Waals surface area contributed by atoms with E-state index in [-0.39, 0.29) is 38.4 Å². The number of nitrogens with zero attached hydrogens (tertiary/aromatic N) is 2. The minimum Gasteiger partial charge on any atom is -0.493 e. The summed E-state index contributed by atoms with van der Waals surface area (Å²) in [6.07, 6.45) is 2.55. The number of hydrogen-bond acceptors (Lipinski definition) is 16. The Hall–Kier alpha value is -6.92. The maximum atomic E-state index is 13.7. The van der Waals surface area contributed by atoms with Crippen molar-refractivity contribution in [3.05, 3.63) is 94.0 Å². The Morgan fingerprint density at radius 3 is 1.16 bits per heavy atom. The van der Waals surface area contributed by atoms with Gasteiger partial charge < -0.3 is 65.8 Å². The Kier molecular flexibility index (Phi) is 20.1. The van der Waals surface area contributed by atoms with Crippen LogP contribution in [0.25, 0.3) is 0 Å². The standard InChI is InChI=1S/C56H74N2O16/c1-57(21-19-39-29-49(67-7)51(69-9)31-41(39)43(57)25-37-15-17-45(63-3)47(27-37)65-5)33-53(73-35-59)55(61)71-23-13-11-12-14-24-72-56(62)54(74-36-60)34-58(2)22-20-40-30-50(68-8)52(70-10)32-42(40)44(58)26-38-16-18-46(64-4)48(28-38)66-6/h15-18,27-32,35-36,43-44,53-54H,11-14,19-26,33-34H2,1-10H3/q+2/t43-,44-,53-,54-,57?,58?/m1/s1. The van der Waals surface area contributed by atoms with E-state index in [0.717, 1.165) is 33.4 Å². The summed E-state index contributed by atoms with van der Waals surface area (Å²) in [6.45, 7) is 2.40. The number of methoxy groups -OCH3 is 8. The molecule has 2 aliphatic rings. The van der Waals surface area contributed by atoms with Gasteiger partial charge in [0.2, 0.25) is 12.2 Å². The molecule has 0 aromatic heterocycles. The van der Waals surface area contributed by atoms with Crippen LogP contribution in [0.4, 0.5) is 0 Å². The molecule has 0 aliphatic carbocycles. The number of carbonyl (C=O) groups is 4. The lowest BCUT2D eigenvalue weighted by molar-refractivity contribution is -0.943. The van der Waals surface area contributed by atoms with Crippen molar-refractivity contribution in [1.82, 2.24) is 0 Å². The van der Waals surface area contributed by atoms with Crippen LogP contribution in [0.5, 0.6) is 46.0 Å². The Morgan fingerprint density at radius 1 is 0.486 bits per heavy atom. The van der Waals surface area contributed by atoms with Crippen LogP contribution in [0.2, 0.25) is 0 Å². The highest BCUT2D eigenvalue weighted by molar-refractivity contribution is 5.76. The van der Waals surface area contributed by atoms with Crippen LogP contribution in [0.1, 0.15) is 71.1 Å². The second-order valence-corrected chi connectivity index (χ2v) is 19.1. The van der Waals surface area contributed by atoms with E-state index < -0.39 is 24.1 Å². The molecule has 18 nitrogen and oxygen atoms in total. The van der Waals surface area contributed by atoms with E-state index in [9.17, 15) is 19.2 Å². The number of likely N-dealkylation sites (N-methyl/N-ethyl adjacent to an activating group) is 2. The van der Waals surface area contributed by atoms with Gasteiger partial charge in [0.1, 0.15) is 25.2 Å².